The van der Waals surface area contributed by atoms with Gasteiger partial charge in [0.1, 0.15) is 5.60 Å². The average molecular weight is 398 g/mol. The number of amides is 1. The highest BCUT2D eigenvalue weighted by molar-refractivity contribution is 7.09. The lowest BCUT2D eigenvalue weighted by Crippen LogP contribution is -2.45. The summed E-state index contributed by atoms with van der Waals surface area (Å²) in [6, 6.07) is -0.108. The Morgan fingerprint density at radius 3 is 2.56 bits per heavy atom. The van der Waals surface area contributed by atoms with Gasteiger partial charge in [-0.05, 0) is 40.5 Å². The molecule has 1 atom stereocenters. The number of hydrogen-bond donors (Lipinski definition) is 2. The predicted octanol–water partition coefficient (Wildman–Crippen LogP) is 3.40. The van der Waals surface area contributed by atoms with Gasteiger partial charge in [-0.1, -0.05) is 13.8 Å². The van der Waals surface area contributed by atoms with E-state index in [2.05, 4.69) is 34.8 Å². The third kappa shape index (κ3) is 9.08. The Morgan fingerprint density at radius 2 is 2.07 bits per heavy atom. The number of hydrogen-bond acceptors (Lipinski definition) is 5. The molecule has 2 N–H and O–H groups in total. The van der Waals surface area contributed by atoms with Crippen LogP contribution in [0.1, 0.15) is 52.2 Å². The smallest absolute Gasteiger partial charge is 0.407 e. The summed E-state index contributed by atoms with van der Waals surface area (Å²) in [5.41, 5.74) is 0.508. The van der Waals surface area contributed by atoms with Crippen molar-refractivity contribution in [2.45, 2.75) is 66.7 Å². The topological polar surface area (TPSA) is 78.8 Å². The zero-order valence-corrected chi connectivity index (χ0v) is 18.7. The van der Waals surface area contributed by atoms with E-state index in [0.717, 1.165) is 23.2 Å². The van der Waals surface area contributed by atoms with Gasteiger partial charge in [-0.3, -0.25) is 4.99 Å². The van der Waals surface area contributed by atoms with Gasteiger partial charge in [0.05, 0.1) is 29.8 Å². The van der Waals surface area contributed by atoms with Crippen LogP contribution in [0.3, 0.4) is 0 Å². The summed E-state index contributed by atoms with van der Waals surface area (Å²) in [5, 5.41) is 9.36. The standard InChI is InChI=1S/C19H35N5O2S/c1-9-20-17(24(8)11-15-12-27-14(4)22-15)21-10-16(13(2)3)23-18(25)26-19(5,6)7/h12-13,16H,9-11H2,1-8H3,(H,20,21)(H,23,25). The number of nitrogens with one attached hydrogen (secondary N) is 2. The van der Waals surface area contributed by atoms with E-state index < -0.39 is 11.7 Å². The van der Waals surface area contributed by atoms with Crippen molar-refractivity contribution >= 4 is 23.4 Å². The van der Waals surface area contributed by atoms with Crippen molar-refractivity contribution in [1.29, 1.82) is 0 Å². The van der Waals surface area contributed by atoms with Crippen LogP contribution in [0.4, 0.5) is 4.79 Å². The molecule has 0 bridgehead atoms. The lowest BCUT2D eigenvalue weighted by Gasteiger charge is -2.26. The minimum absolute atomic E-state index is 0.108. The number of aromatic nitrogens is 1. The van der Waals surface area contributed by atoms with Gasteiger partial charge in [-0.25, -0.2) is 9.78 Å². The molecule has 1 heterocycles. The summed E-state index contributed by atoms with van der Waals surface area (Å²) in [6.07, 6.45) is -0.410. The van der Waals surface area contributed by atoms with Gasteiger partial charge in [0.25, 0.3) is 0 Å². The van der Waals surface area contributed by atoms with Gasteiger partial charge in [0.2, 0.25) is 0 Å². The fourth-order valence-corrected chi connectivity index (χ4v) is 2.94. The lowest BCUT2D eigenvalue weighted by molar-refractivity contribution is 0.0493. The van der Waals surface area contributed by atoms with Crippen molar-refractivity contribution in [2.75, 3.05) is 20.1 Å². The normalized spacial score (nSPS) is 13.4. The summed E-state index contributed by atoms with van der Waals surface area (Å²) < 4.78 is 5.37. The number of carbonyl (C=O) groups excluding carboxylic acids is 1. The first-order valence-electron chi connectivity index (χ1n) is 9.41. The molecule has 7 nitrogen and oxygen atoms in total. The molecule has 0 aliphatic heterocycles. The molecular weight excluding hydrogens is 362 g/mol. The number of nitrogens with zero attached hydrogens (tertiary/aromatic N) is 3. The molecule has 1 aromatic heterocycles. The first-order valence-corrected chi connectivity index (χ1v) is 10.3. The summed E-state index contributed by atoms with van der Waals surface area (Å²) in [4.78, 5) is 23.4. The van der Waals surface area contributed by atoms with Crippen molar-refractivity contribution < 1.29 is 9.53 Å². The molecular formula is C19H35N5O2S. The van der Waals surface area contributed by atoms with Crippen LogP contribution < -0.4 is 10.6 Å². The van der Waals surface area contributed by atoms with Crippen LogP contribution >= 0.6 is 11.3 Å². The second kappa shape index (κ2) is 10.5. The van der Waals surface area contributed by atoms with E-state index in [1.54, 1.807) is 11.3 Å². The van der Waals surface area contributed by atoms with Gasteiger partial charge >= 0.3 is 6.09 Å². The van der Waals surface area contributed by atoms with E-state index in [0.29, 0.717) is 13.1 Å². The van der Waals surface area contributed by atoms with Crippen LogP contribution in [0.2, 0.25) is 0 Å². The number of ether oxygens (including phenoxy) is 1. The van der Waals surface area contributed by atoms with E-state index in [4.69, 9.17) is 9.73 Å². The maximum absolute atomic E-state index is 12.1. The van der Waals surface area contributed by atoms with Crippen molar-refractivity contribution in [3.05, 3.63) is 16.1 Å². The molecule has 0 saturated heterocycles. The van der Waals surface area contributed by atoms with Crippen molar-refractivity contribution in [3.8, 4) is 0 Å². The fraction of sp³-hybridized carbons (Fsp3) is 0.737. The maximum atomic E-state index is 12.1. The highest BCUT2D eigenvalue weighted by atomic mass is 32.1. The molecule has 1 aromatic rings. The van der Waals surface area contributed by atoms with Crippen LogP contribution in [0.25, 0.3) is 0 Å². The Bertz CT molecular complexity index is 622. The quantitative estimate of drug-likeness (QED) is 0.545. The van der Waals surface area contributed by atoms with E-state index in [1.807, 2.05) is 46.6 Å². The number of rotatable bonds is 7. The number of carbonyl (C=O) groups is 1. The minimum atomic E-state index is -0.518. The van der Waals surface area contributed by atoms with E-state index >= 15 is 0 Å². The summed E-state index contributed by atoms with van der Waals surface area (Å²) in [5.74, 6) is 1.02. The van der Waals surface area contributed by atoms with Crippen molar-refractivity contribution in [3.63, 3.8) is 0 Å². The van der Waals surface area contributed by atoms with Crippen LogP contribution in [0.15, 0.2) is 10.4 Å². The Kier molecular flexibility index (Phi) is 9.02. The Hall–Kier alpha value is -1.83. The number of aryl methyl sites for hydroxylation is 1. The Morgan fingerprint density at radius 1 is 1.41 bits per heavy atom. The molecule has 1 amide bonds. The first-order chi connectivity index (χ1) is 12.5. The lowest BCUT2D eigenvalue weighted by atomic mass is 10.1. The van der Waals surface area contributed by atoms with Gasteiger partial charge in [0, 0.05) is 19.0 Å². The molecule has 0 aliphatic rings. The molecule has 1 unspecified atom stereocenters. The molecule has 0 fully saturated rings. The molecule has 0 aromatic carbocycles. The van der Waals surface area contributed by atoms with Crippen molar-refractivity contribution in [1.82, 2.24) is 20.5 Å². The second-order valence-corrected chi connectivity index (χ2v) is 8.97. The fourth-order valence-electron chi connectivity index (χ4n) is 2.34. The summed E-state index contributed by atoms with van der Waals surface area (Å²) in [7, 11) is 1.99. The monoisotopic (exact) mass is 397 g/mol. The van der Waals surface area contributed by atoms with Crippen LogP contribution in [-0.4, -0.2) is 53.7 Å². The van der Waals surface area contributed by atoms with Crippen molar-refractivity contribution in [2.24, 2.45) is 10.9 Å². The SMILES string of the molecule is CCNC(=NCC(NC(=O)OC(C)(C)C)C(C)C)N(C)Cc1csc(C)n1. The molecule has 8 heteroatoms. The molecule has 27 heavy (non-hydrogen) atoms. The molecule has 154 valence electrons. The van der Waals surface area contributed by atoms with Gasteiger partial charge < -0.3 is 20.3 Å². The highest BCUT2D eigenvalue weighted by Crippen LogP contribution is 2.11. The summed E-state index contributed by atoms with van der Waals surface area (Å²) in [6.45, 7) is 15.7. The predicted molar refractivity (Wildman–Crippen MR) is 112 cm³/mol. The molecule has 1 rings (SSSR count). The second-order valence-electron chi connectivity index (χ2n) is 7.91. The minimum Gasteiger partial charge on any atom is -0.444 e. The van der Waals surface area contributed by atoms with E-state index in [9.17, 15) is 4.79 Å². The first kappa shape index (κ1) is 23.2. The van der Waals surface area contributed by atoms with Crippen LogP contribution in [0, 0.1) is 12.8 Å². The third-order valence-corrected chi connectivity index (χ3v) is 4.53. The number of aliphatic imine (C=N–C) groups is 1. The molecule has 0 radical (unpaired) electrons. The molecule has 0 spiro atoms. The number of guanidine groups is 1. The molecule has 0 aliphatic carbocycles. The molecule has 0 saturated carbocycles. The number of alkyl carbamates (subject to hydrolysis) is 1. The van der Waals surface area contributed by atoms with E-state index in [1.165, 1.54) is 0 Å². The zero-order valence-electron chi connectivity index (χ0n) is 17.9. The van der Waals surface area contributed by atoms with E-state index in [-0.39, 0.29) is 12.0 Å². The third-order valence-electron chi connectivity index (χ3n) is 3.71. The average Bonchev–Trinajstić information content (AvgIpc) is 2.92. The maximum Gasteiger partial charge on any atom is 0.407 e. The Balaban J connectivity index is 2.77. The van der Waals surface area contributed by atoms with Gasteiger partial charge in [-0.15, -0.1) is 11.3 Å². The zero-order chi connectivity index (χ0) is 20.6. The van der Waals surface area contributed by atoms with Gasteiger partial charge in [0.15, 0.2) is 5.96 Å². The Labute approximate surface area is 167 Å². The van der Waals surface area contributed by atoms with Gasteiger partial charge in [-0.2, -0.15) is 0 Å². The number of thiazole rings is 1. The highest BCUT2D eigenvalue weighted by Gasteiger charge is 2.21. The summed E-state index contributed by atoms with van der Waals surface area (Å²) >= 11 is 1.65. The van der Waals surface area contributed by atoms with Crippen LogP contribution in [0.5, 0.6) is 0 Å². The largest absolute Gasteiger partial charge is 0.444 e. The van der Waals surface area contributed by atoms with Crippen LogP contribution in [-0.2, 0) is 11.3 Å².